The molecule has 0 aliphatic heterocycles. The average molecular weight is 392 g/mol. The van der Waals surface area contributed by atoms with Crippen LogP contribution in [-0.4, -0.2) is 19.1 Å². The Morgan fingerprint density at radius 2 is 1.67 bits per heavy atom. The fourth-order valence-electron chi connectivity index (χ4n) is 2.32. The summed E-state index contributed by atoms with van der Waals surface area (Å²) in [5.41, 5.74) is 1.04. The lowest BCUT2D eigenvalue weighted by Crippen LogP contribution is -2.38. The first-order chi connectivity index (χ1) is 11.5. The fraction of sp³-hybridized carbons (Fsp3) is 0.316. The highest BCUT2D eigenvalue weighted by Crippen LogP contribution is 2.21. The number of carbonyl (C=O) groups excluding carboxylic acids is 1. The van der Waals surface area contributed by atoms with Crippen LogP contribution in [0, 0.1) is 0 Å². The van der Waals surface area contributed by atoms with Crippen molar-refractivity contribution >= 4 is 21.8 Å². The molecule has 128 valence electrons. The molecule has 0 aliphatic rings. The molecule has 0 radical (unpaired) electrons. The van der Waals surface area contributed by atoms with Crippen LogP contribution >= 0.6 is 15.9 Å². The number of amides is 1. The summed E-state index contributed by atoms with van der Waals surface area (Å²) in [6.07, 6.45) is 0.224. The first-order valence-electron chi connectivity index (χ1n) is 7.90. The molecule has 2 atom stereocenters. The third kappa shape index (κ3) is 4.99. The number of carbonyl (C=O) groups is 1. The van der Waals surface area contributed by atoms with Crippen LogP contribution in [0.5, 0.6) is 11.5 Å². The van der Waals surface area contributed by atoms with Crippen LogP contribution in [0.4, 0.5) is 0 Å². The van der Waals surface area contributed by atoms with Crippen LogP contribution in [0.1, 0.15) is 31.9 Å². The molecule has 0 aliphatic carbocycles. The van der Waals surface area contributed by atoms with E-state index in [4.69, 9.17) is 9.47 Å². The summed E-state index contributed by atoms with van der Waals surface area (Å²) in [5, 5.41) is 3.04. The Labute approximate surface area is 151 Å². The topological polar surface area (TPSA) is 47.6 Å². The van der Waals surface area contributed by atoms with Crippen molar-refractivity contribution in [3.63, 3.8) is 0 Å². The van der Waals surface area contributed by atoms with Gasteiger partial charge in [0, 0.05) is 4.47 Å². The van der Waals surface area contributed by atoms with Gasteiger partial charge in [-0.15, -0.1) is 0 Å². The van der Waals surface area contributed by atoms with Crippen LogP contribution in [0.2, 0.25) is 0 Å². The van der Waals surface area contributed by atoms with E-state index < -0.39 is 6.10 Å². The molecular weight excluding hydrogens is 370 g/mol. The van der Waals surface area contributed by atoms with Crippen molar-refractivity contribution < 1.29 is 14.3 Å². The number of halogens is 1. The Balaban J connectivity index is 1.98. The van der Waals surface area contributed by atoms with E-state index in [0.717, 1.165) is 22.2 Å². The summed E-state index contributed by atoms with van der Waals surface area (Å²) in [6, 6.07) is 15.1. The Kier molecular flexibility index (Phi) is 6.67. The normalized spacial score (nSPS) is 13.0. The van der Waals surface area contributed by atoms with Crippen molar-refractivity contribution in [1.29, 1.82) is 0 Å². The number of ether oxygens (including phenoxy) is 2. The lowest BCUT2D eigenvalue weighted by Gasteiger charge is -2.21. The molecule has 2 unspecified atom stereocenters. The zero-order valence-electron chi connectivity index (χ0n) is 14.1. The Morgan fingerprint density at radius 3 is 2.21 bits per heavy atom. The zero-order chi connectivity index (χ0) is 17.5. The van der Waals surface area contributed by atoms with E-state index in [1.165, 1.54) is 0 Å². The molecule has 0 saturated carbocycles. The number of hydrogen-bond acceptors (Lipinski definition) is 3. The van der Waals surface area contributed by atoms with Gasteiger partial charge in [-0.1, -0.05) is 35.0 Å². The molecule has 0 heterocycles. The van der Waals surface area contributed by atoms with Gasteiger partial charge in [-0.25, -0.2) is 0 Å². The summed E-state index contributed by atoms with van der Waals surface area (Å²) in [4.78, 5) is 12.4. The van der Waals surface area contributed by atoms with Gasteiger partial charge in [-0.3, -0.25) is 4.79 Å². The van der Waals surface area contributed by atoms with Crippen molar-refractivity contribution in [3.05, 3.63) is 58.6 Å². The average Bonchev–Trinajstić information content (AvgIpc) is 2.61. The van der Waals surface area contributed by atoms with E-state index in [1.54, 1.807) is 14.0 Å². The van der Waals surface area contributed by atoms with E-state index in [0.29, 0.717) is 5.75 Å². The first-order valence-corrected chi connectivity index (χ1v) is 8.69. The molecule has 1 N–H and O–H groups in total. The predicted octanol–water partition coefficient (Wildman–Crippen LogP) is 4.49. The largest absolute Gasteiger partial charge is 0.497 e. The SMILES string of the molecule is CCC(NC(=O)C(C)Oc1ccc(Br)cc1)c1ccc(OC)cc1. The van der Waals surface area contributed by atoms with Crippen LogP contribution in [-0.2, 0) is 4.79 Å². The van der Waals surface area contributed by atoms with Crippen molar-refractivity contribution in [2.45, 2.75) is 32.4 Å². The zero-order valence-corrected chi connectivity index (χ0v) is 15.7. The summed E-state index contributed by atoms with van der Waals surface area (Å²) in [6.45, 7) is 3.79. The molecule has 2 aromatic carbocycles. The monoisotopic (exact) mass is 391 g/mol. The lowest BCUT2D eigenvalue weighted by atomic mass is 10.0. The van der Waals surface area contributed by atoms with Gasteiger partial charge in [0.15, 0.2) is 6.10 Å². The fourth-order valence-corrected chi connectivity index (χ4v) is 2.58. The summed E-state index contributed by atoms with van der Waals surface area (Å²) in [7, 11) is 1.63. The second-order valence-corrected chi connectivity index (χ2v) is 6.37. The smallest absolute Gasteiger partial charge is 0.261 e. The van der Waals surface area contributed by atoms with E-state index in [-0.39, 0.29) is 11.9 Å². The number of hydrogen-bond donors (Lipinski definition) is 1. The quantitative estimate of drug-likeness (QED) is 0.755. The Bertz CT molecular complexity index is 655. The van der Waals surface area contributed by atoms with Gasteiger partial charge < -0.3 is 14.8 Å². The molecule has 5 heteroatoms. The molecule has 24 heavy (non-hydrogen) atoms. The molecular formula is C19H22BrNO3. The van der Waals surface area contributed by atoms with Gasteiger partial charge in [0.1, 0.15) is 11.5 Å². The molecule has 0 fully saturated rings. The van der Waals surface area contributed by atoms with E-state index in [9.17, 15) is 4.79 Å². The maximum absolute atomic E-state index is 12.4. The first kappa shape index (κ1) is 18.3. The van der Waals surface area contributed by atoms with Gasteiger partial charge in [-0.05, 0) is 55.3 Å². The van der Waals surface area contributed by atoms with Gasteiger partial charge >= 0.3 is 0 Å². The summed E-state index contributed by atoms with van der Waals surface area (Å²) in [5.74, 6) is 1.32. The highest BCUT2D eigenvalue weighted by molar-refractivity contribution is 9.10. The van der Waals surface area contributed by atoms with Crippen LogP contribution in [0.15, 0.2) is 53.0 Å². The van der Waals surface area contributed by atoms with Crippen molar-refractivity contribution in [3.8, 4) is 11.5 Å². The summed E-state index contributed by atoms with van der Waals surface area (Å²) < 4.78 is 11.8. The summed E-state index contributed by atoms with van der Waals surface area (Å²) >= 11 is 3.37. The second kappa shape index (κ2) is 8.73. The number of methoxy groups -OCH3 is 1. The maximum Gasteiger partial charge on any atom is 0.261 e. The van der Waals surface area contributed by atoms with Gasteiger partial charge in [0.05, 0.1) is 13.2 Å². The number of rotatable bonds is 7. The highest BCUT2D eigenvalue weighted by atomic mass is 79.9. The molecule has 4 nitrogen and oxygen atoms in total. The minimum Gasteiger partial charge on any atom is -0.497 e. The maximum atomic E-state index is 12.4. The molecule has 2 aromatic rings. The lowest BCUT2D eigenvalue weighted by molar-refractivity contribution is -0.128. The van der Waals surface area contributed by atoms with Gasteiger partial charge in [0.25, 0.3) is 5.91 Å². The molecule has 0 aromatic heterocycles. The Morgan fingerprint density at radius 1 is 1.08 bits per heavy atom. The standard InChI is InChI=1S/C19H22BrNO3/c1-4-18(14-5-9-16(23-3)10-6-14)21-19(22)13(2)24-17-11-7-15(20)8-12-17/h5-13,18H,4H2,1-3H3,(H,21,22). The molecule has 2 rings (SSSR count). The van der Waals surface area contributed by atoms with Crippen LogP contribution in [0.25, 0.3) is 0 Å². The van der Waals surface area contributed by atoms with E-state index in [2.05, 4.69) is 21.2 Å². The van der Waals surface area contributed by atoms with Gasteiger partial charge in [-0.2, -0.15) is 0 Å². The number of benzene rings is 2. The van der Waals surface area contributed by atoms with Gasteiger partial charge in [0.2, 0.25) is 0 Å². The second-order valence-electron chi connectivity index (χ2n) is 5.46. The van der Waals surface area contributed by atoms with Crippen LogP contribution in [0.3, 0.4) is 0 Å². The van der Waals surface area contributed by atoms with E-state index in [1.807, 2.05) is 55.5 Å². The van der Waals surface area contributed by atoms with E-state index >= 15 is 0 Å². The molecule has 1 amide bonds. The number of nitrogens with one attached hydrogen (secondary N) is 1. The minimum absolute atomic E-state index is 0.0561. The third-order valence-corrected chi connectivity index (χ3v) is 4.27. The molecule has 0 bridgehead atoms. The highest BCUT2D eigenvalue weighted by Gasteiger charge is 2.19. The molecule has 0 spiro atoms. The minimum atomic E-state index is -0.571. The van der Waals surface area contributed by atoms with Crippen molar-refractivity contribution in [2.24, 2.45) is 0 Å². The van der Waals surface area contributed by atoms with Crippen molar-refractivity contribution in [2.75, 3.05) is 7.11 Å². The van der Waals surface area contributed by atoms with Crippen molar-refractivity contribution in [1.82, 2.24) is 5.32 Å². The third-order valence-electron chi connectivity index (χ3n) is 3.74. The Hall–Kier alpha value is -2.01. The molecule has 0 saturated heterocycles. The van der Waals surface area contributed by atoms with Crippen LogP contribution < -0.4 is 14.8 Å². The predicted molar refractivity (Wildman–Crippen MR) is 98.4 cm³/mol.